The van der Waals surface area contributed by atoms with Crippen LogP contribution in [0.5, 0.6) is 0 Å². The van der Waals surface area contributed by atoms with E-state index in [1.54, 1.807) is 0 Å². The van der Waals surface area contributed by atoms with Gasteiger partial charge >= 0.3 is 44.9 Å². The molecule has 0 aliphatic rings. The van der Waals surface area contributed by atoms with Crippen molar-refractivity contribution in [2.45, 2.75) is 20.3 Å². The summed E-state index contributed by atoms with van der Waals surface area (Å²) in [7, 11) is 0. The zero-order valence-electron chi connectivity index (χ0n) is 7.69. The van der Waals surface area contributed by atoms with Gasteiger partial charge in [-0.1, -0.05) is 7.43 Å². The van der Waals surface area contributed by atoms with E-state index in [1.165, 1.54) is 0 Å². The van der Waals surface area contributed by atoms with Crippen LogP contribution in [0, 0.1) is 0 Å². The molecule has 0 aromatic carbocycles. The second kappa shape index (κ2) is 16.7. The number of carboxylic acid groups (broad SMARTS) is 4. The number of aliphatic carboxylic acids is 4. The Morgan fingerprint density at radius 3 is 0.765 bits per heavy atom. The van der Waals surface area contributed by atoms with Crippen molar-refractivity contribution < 1.29 is 60.6 Å². The maximum atomic E-state index is 9.43. The Morgan fingerprint density at radius 1 is 0.647 bits per heavy atom. The zero-order valence-corrected chi connectivity index (χ0v) is 9.09. The molecule has 4 N–H and O–H groups in total. The van der Waals surface area contributed by atoms with Crippen LogP contribution in [-0.4, -0.2) is 44.3 Å². The van der Waals surface area contributed by atoms with Gasteiger partial charge in [0.2, 0.25) is 0 Å². The molecule has 0 bridgehead atoms. The fraction of sp³-hybridized carbons (Fsp3) is 0.429. The van der Waals surface area contributed by atoms with Gasteiger partial charge in [-0.3, -0.25) is 19.2 Å². The molecule has 0 aromatic heterocycles. The Kier molecular flexibility index (Phi) is 24.0. The second-order valence-corrected chi connectivity index (χ2v) is 1.93. The van der Waals surface area contributed by atoms with Gasteiger partial charge in [0, 0.05) is 0 Å². The zero-order chi connectivity index (χ0) is 13.7. The van der Waals surface area contributed by atoms with Crippen LogP contribution in [0.3, 0.4) is 0 Å². The third-order valence-corrected chi connectivity index (χ3v) is 0.605. The molecule has 0 aliphatic heterocycles. The summed E-state index contributed by atoms with van der Waals surface area (Å²) in [6, 6.07) is 0. The van der Waals surface area contributed by atoms with Crippen molar-refractivity contribution >= 4 is 23.9 Å². The molecule has 0 saturated heterocycles. The monoisotopic (exact) mass is 291 g/mol. The van der Waals surface area contributed by atoms with Crippen LogP contribution in [0.4, 0.5) is 0 Å². The molecule has 0 spiro atoms. The van der Waals surface area contributed by atoms with Crippen molar-refractivity contribution in [1.82, 2.24) is 0 Å². The van der Waals surface area contributed by atoms with E-state index in [-0.39, 0.29) is 7.43 Å². The average molecular weight is 291 g/mol. The molecule has 0 amide bonds. The molecule has 9 nitrogen and oxygen atoms in total. The SMILES string of the molecule is C.O=C(O)CC(=O)O.O=C(O)CC(=O)O.[O]=[V]. The van der Waals surface area contributed by atoms with Gasteiger partial charge in [0.1, 0.15) is 12.8 Å². The predicted octanol–water partition coefficient (Wildman–Crippen LogP) is -0.394. The van der Waals surface area contributed by atoms with E-state index in [0.29, 0.717) is 0 Å². The summed E-state index contributed by atoms with van der Waals surface area (Å²) >= 11 is 1.06. The van der Waals surface area contributed by atoms with Crippen molar-refractivity contribution in [2.24, 2.45) is 0 Å². The van der Waals surface area contributed by atoms with Gasteiger partial charge in [-0.05, 0) is 0 Å². The van der Waals surface area contributed by atoms with Gasteiger partial charge < -0.3 is 20.4 Å². The average Bonchev–Trinajstić information content (AvgIpc) is 2.03. The van der Waals surface area contributed by atoms with Crippen molar-refractivity contribution in [1.29, 1.82) is 0 Å². The minimum atomic E-state index is -1.31. The minimum absolute atomic E-state index is 0. The molecule has 0 aliphatic carbocycles. The number of hydrogen-bond donors (Lipinski definition) is 4. The summed E-state index contributed by atoms with van der Waals surface area (Å²) in [4.78, 5) is 37.7. The summed E-state index contributed by atoms with van der Waals surface area (Å²) in [5, 5.41) is 30.8. The number of carbonyl (C=O) groups is 4. The molecule has 0 unspecified atom stereocenters. The molecule has 0 radical (unpaired) electrons. The molecule has 0 aromatic rings. The summed E-state index contributed by atoms with van der Waals surface area (Å²) in [5.41, 5.74) is 0. The molecule has 0 fully saturated rings. The molecule has 17 heavy (non-hydrogen) atoms. The van der Waals surface area contributed by atoms with E-state index in [2.05, 4.69) is 0 Å². The molecule has 0 atom stereocenters. The summed E-state index contributed by atoms with van der Waals surface area (Å²) < 4.78 is 8.19. The van der Waals surface area contributed by atoms with E-state index in [4.69, 9.17) is 24.1 Å². The third-order valence-electron chi connectivity index (χ3n) is 0.605. The quantitative estimate of drug-likeness (QED) is 0.504. The molecular formula is C7H12O9V. The third kappa shape index (κ3) is 54.7. The van der Waals surface area contributed by atoms with Gasteiger partial charge in [0.15, 0.2) is 0 Å². The first-order valence-corrected chi connectivity index (χ1v) is 3.88. The number of carboxylic acids is 4. The van der Waals surface area contributed by atoms with Crippen LogP contribution in [0.1, 0.15) is 20.3 Å². The maximum absolute atomic E-state index is 9.43. The summed E-state index contributed by atoms with van der Waals surface area (Å²) in [5.74, 6) is -5.25. The van der Waals surface area contributed by atoms with E-state index >= 15 is 0 Å². The first-order chi connectivity index (χ1) is 7.25. The van der Waals surface area contributed by atoms with Crippen LogP contribution < -0.4 is 0 Å². The van der Waals surface area contributed by atoms with Crippen LogP contribution in [-0.2, 0) is 40.2 Å². The predicted molar refractivity (Wildman–Crippen MR) is 47.2 cm³/mol. The Bertz CT molecular complexity index is 212. The van der Waals surface area contributed by atoms with Crippen LogP contribution in [0.2, 0.25) is 0 Å². The summed E-state index contributed by atoms with van der Waals surface area (Å²) in [6.45, 7) is 0. The normalized spacial score (nSPS) is 6.76. The van der Waals surface area contributed by atoms with Gasteiger partial charge in [0.25, 0.3) is 0 Å². The fourth-order valence-corrected chi connectivity index (χ4v) is 0.259. The molecule has 0 saturated carbocycles. The fourth-order valence-electron chi connectivity index (χ4n) is 0.259. The van der Waals surface area contributed by atoms with E-state index in [1.807, 2.05) is 0 Å². The Morgan fingerprint density at radius 2 is 0.765 bits per heavy atom. The first kappa shape index (κ1) is 24.5. The molecule has 99 valence electrons. The summed E-state index contributed by atoms with van der Waals surface area (Å²) in [6.07, 6.45) is -1.61. The van der Waals surface area contributed by atoms with Crippen LogP contribution in [0.25, 0.3) is 0 Å². The van der Waals surface area contributed by atoms with Crippen molar-refractivity contribution in [2.75, 3.05) is 0 Å². The Labute approximate surface area is 105 Å². The van der Waals surface area contributed by atoms with E-state index in [9.17, 15) is 19.2 Å². The van der Waals surface area contributed by atoms with Crippen LogP contribution in [0.15, 0.2) is 0 Å². The van der Waals surface area contributed by atoms with Gasteiger partial charge in [0.05, 0.1) is 0 Å². The number of hydrogen-bond acceptors (Lipinski definition) is 5. The number of rotatable bonds is 4. The second-order valence-electron chi connectivity index (χ2n) is 1.93. The van der Waals surface area contributed by atoms with Crippen molar-refractivity contribution in [3.05, 3.63) is 0 Å². The first-order valence-electron chi connectivity index (χ1n) is 3.31. The van der Waals surface area contributed by atoms with E-state index in [0.717, 1.165) is 17.4 Å². The van der Waals surface area contributed by atoms with Crippen molar-refractivity contribution in [3.8, 4) is 0 Å². The van der Waals surface area contributed by atoms with Gasteiger partial charge in [-0.25, -0.2) is 0 Å². The molecule has 0 rings (SSSR count). The Balaban J connectivity index is -0.0000000823. The van der Waals surface area contributed by atoms with E-state index < -0.39 is 36.7 Å². The van der Waals surface area contributed by atoms with Gasteiger partial charge in [-0.2, -0.15) is 0 Å². The van der Waals surface area contributed by atoms with Crippen LogP contribution >= 0.6 is 0 Å². The molecule has 10 heteroatoms. The van der Waals surface area contributed by atoms with Crippen molar-refractivity contribution in [3.63, 3.8) is 0 Å². The van der Waals surface area contributed by atoms with Gasteiger partial charge in [-0.15, -0.1) is 0 Å². The Hall–Kier alpha value is -1.74. The molecule has 0 heterocycles. The standard InChI is InChI=1S/2C3H4O4.CH4.O.V/c2*4-2(5)1-3(6)7;;;/h2*1H2,(H,4,5)(H,6,7);1H4;;. The topological polar surface area (TPSA) is 166 Å². The molecular weight excluding hydrogens is 279 g/mol.